The molecule has 1 aromatic rings. The van der Waals surface area contributed by atoms with Crippen LogP contribution in [0.2, 0.25) is 0 Å². The number of hydrogen-bond acceptors (Lipinski definition) is 5. The van der Waals surface area contributed by atoms with Gasteiger partial charge in [-0.2, -0.15) is 0 Å². The fraction of sp³-hybridized carbons (Fsp3) is 0.750. The molecule has 0 unspecified atom stereocenters. The van der Waals surface area contributed by atoms with Gasteiger partial charge >= 0.3 is 5.97 Å². The number of carbonyl (C=O) groups is 1. The summed E-state index contributed by atoms with van der Waals surface area (Å²) in [5.41, 5.74) is 0. The van der Waals surface area contributed by atoms with Gasteiger partial charge in [0, 0.05) is 13.1 Å². The lowest BCUT2D eigenvalue weighted by Gasteiger charge is -2.26. The average Bonchev–Trinajstić information content (AvgIpc) is 2.76. The Hall–Kier alpha value is -1.08. The zero-order valence-corrected chi connectivity index (χ0v) is 12.0. The Labute approximate surface area is 117 Å². The Morgan fingerprint density at radius 2 is 2.00 bits per heavy atom. The smallest absolute Gasteiger partial charge is 0.313 e. The third-order valence-electron chi connectivity index (χ3n) is 3.32. The summed E-state index contributed by atoms with van der Waals surface area (Å²) in [5.74, 6) is 0.0557. The van der Waals surface area contributed by atoms with Crippen molar-refractivity contribution in [3.63, 3.8) is 0 Å². The van der Waals surface area contributed by atoms with E-state index in [1.54, 1.807) is 0 Å². The van der Waals surface area contributed by atoms with E-state index in [2.05, 4.69) is 15.1 Å². The van der Waals surface area contributed by atoms with Gasteiger partial charge in [-0.05, 0) is 32.9 Å². The molecule has 19 heavy (non-hydrogen) atoms. The van der Waals surface area contributed by atoms with Crippen molar-refractivity contribution in [1.82, 2.24) is 19.7 Å². The second-order valence-electron chi connectivity index (χ2n) is 4.77. The summed E-state index contributed by atoms with van der Waals surface area (Å²) in [6, 6.07) is 0. The molecule has 0 radical (unpaired) electrons. The van der Waals surface area contributed by atoms with E-state index in [-0.39, 0.29) is 5.75 Å². The second-order valence-corrected chi connectivity index (χ2v) is 5.71. The highest BCUT2D eigenvalue weighted by Crippen LogP contribution is 2.17. The normalized spacial score (nSPS) is 16.7. The fourth-order valence-corrected chi connectivity index (χ4v) is 3.01. The molecule has 0 spiro atoms. The molecule has 2 heterocycles. The van der Waals surface area contributed by atoms with Gasteiger partial charge in [0.15, 0.2) is 5.16 Å². The molecule has 0 amide bonds. The van der Waals surface area contributed by atoms with E-state index in [0.717, 1.165) is 18.9 Å². The van der Waals surface area contributed by atoms with E-state index in [4.69, 9.17) is 5.11 Å². The summed E-state index contributed by atoms with van der Waals surface area (Å²) >= 11 is 1.23. The lowest BCUT2D eigenvalue weighted by atomic mass is 10.1. The maximum Gasteiger partial charge on any atom is 0.313 e. The van der Waals surface area contributed by atoms with Crippen molar-refractivity contribution < 1.29 is 9.90 Å². The van der Waals surface area contributed by atoms with Crippen LogP contribution in [-0.2, 0) is 11.3 Å². The molecule has 0 saturated carbocycles. The van der Waals surface area contributed by atoms with Crippen LogP contribution in [0.5, 0.6) is 0 Å². The number of rotatable bonds is 6. The maximum atomic E-state index is 10.6. The molecule has 0 bridgehead atoms. The lowest BCUT2D eigenvalue weighted by Crippen LogP contribution is -2.32. The zero-order chi connectivity index (χ0) is 13.7. The van der Waals surface area contributed by atoms with E-state index in [0.29, 0.717) is 5.16 Å². The first-order valence-corrected chi connectivity index (χ1v) is 7.62. The summed E-state index contributed by atoms with van der Waals surface area (Å²) in [5, 5.41) is 17.5. The first kappa shape index (κ1) is 14.3. The SMILES string of the molecule is Cc1nnc(SCC(=O)O)n1CCN1CCCCC1. The minimum absolute atomic E-state index is 0.0296. The summed E-state index contributed by atoms with van der Waals surface area (Å²) in [6.07, 6.45) is 3.89. The standard InChI is InChI=1S/C12H20N4O2S/c1-10-13-14-12(19-9-11(17)18)16(10)8-7-15-5-3-2-4-6-15/h2-9H2,1H3,(H,17,18). The number of aliphatic carboxylic acids is 1. The molecule has 2 rings (SSSR count). The quantitative estimate of drug-likeness (QED) is 0.793. The van der Waals surface area contributed by atoms with Gasteiger partial charge in [-0.25, -0.2) is 0 Å². The number of carboxylic acids is 1. The average molecular weight is 284 g/mol. The Morgan fingerprint density at radius 3 is 2.68 bits per heavy atom. The molecule has 1 aromatic heterocycles. The molecule has 6 nitrogen and oxygen atoms in total. The highest BCUT2D eigenvalue weighted by atomic mass is 32.2. The predicted octanol–water partition coefficient (Wildman–Crippen LogP) is 1.25. The third-order valence-corrected chi connectivity index (χ3v) is 4.27. The van der Waals surface area contributed by atoms with Crippen molar-refractivity contribution in [2.24, 2.45) is 0 Å². The number of hydrogen-bond donors (Lipinski definition) is 1. The predicted molar refractivity (Wildman–Crippen MR) is 73.4 cm³/mol. The van der Waals surface area contributed by atoms with Crippen molar-refractivity contribution in [3.8, 4) is 0 Å². The van der Waals surface area contributed by atoms with Crippen LogP contribution >= 0.6 is 11.8 Å². The molecular formula is C12H20N4O2S. The van der Waals surface area contributed by atoms with Gasteiger partial charge in [-0.15, -0.1) is 10.2 Å². The van der Waals surface area contributed by atoms with Crippen LogP contribution in [0.1, 0.15) is 25.1 Å². The van der Waals surface area contributed by atoms with E-state index in [1.807, 2.05) is 11.5 Å². The topological polar surface area (TPSA) is 71.2 Å². The van der Waals surface area contributed by atoms with Gasteiger partial charge in [-0.3, -0.25) is 4.79 Å². The fourth-order valence-electron chi connectivity index (χ4n) is 2.28. The molecule has 0 aliphatic carbocycles. The molecule has 1 aliphatic heterocycles. The zero-order valence-electron chi connectivity index (χ0n) is 11.2. The summed E-state index contributed by atoms with van der Waals surface area (Å²) in [7, 11) is 0. The molecule has 1 saturated heterocycles. The van der Waals surface area contributed by atoms with Crippen molar-refractivity contribution in [3.05, 3.63) is 5.82 Å². The number of nitrogens with zero attached hydrogens (tertiary/aromatic N) is 4. The van der Waals surface area contributed by atoms with Gasteiger partial charge < -0.3 is 14.6 Å². The first-order chi connectivity index (χ1) is 9.16. The molecule has 1 fully saturated rings. The maximum absolute atomic E-state index is 10.6. The van der Waals surface area contributed by atoms with Crippen LogP contribution in [0, 0.1) is 6.92 Å². The molecular weight excluding hydrogens is 264 g/mol. The van der Waals surface area contributed by atoms with Crippen LogP contribution < -0.4 is 0 Å². The van der Waals surface area contributed by atoms with Gasteiger partial charge in [0.1, 0.15) is 5.82 Å². The van der Waals surface area contributed by atoms with Crippen LogP contribution in [0.3, 0.4) is 0 Å². The van der Waals surface area contributed by atoms with Gasteiger partial charge in [0.25, 0.3) is 0 Å². The number of carboxylic acid groups (broad SMARTS) is 1. The Kier molecular flexibility index (Phi) is 5.21. The van der Waals surface area contributed by atoms with E-state index in [1.165, 1.54) is 44.1 Å². The van der Waals surface area contributed by atoms with Gasteiger partial charge in [-0.1, -0.05) is 18.2 Å². The number of thioether (sulfide) groups is 1. The van der Waals surface area contributed by atoms with E-state index in [9.17, 15) is 4.79 Å². The van der Waals surface area contributed by atoms with Crippen LogP contribution in [0.25, 0.3) is 0 Å². The van der Waals surface area contributed by atoms with E-state index >= 15 is 0 Å². The number of aryl methyl sites for hydroxylation is 1. The monoisotopic (exact) mass is 284 g/mol. The Bertz CT molecular complexity index is 429. The van der Waals surface area contributed by atoms with Crippen molar-refractivity contribution in [2.45, 2.75) is 37.9 Å². The highest BCUT2D eigenvalue weighted by Gasteiger charge is 2.14. The lowest BCUT2D eigenvalue weighted by molar-refractivity contribution is -0.133. The first-order valence-electron chi connectivity index (χ1n) is 6.63. The minimum Gasteiger partial charge on any atom is -0.481 e. The number of aromatic nitrogens is 3. The van der Waals surface area contributed by atoms with Crippen LogP contribution in [-0.4, -0.2) is 56.1 Å². The number of piperidine rings is 1. The van der Waals surface area contributed by atoms with Crippen LogP contribution in [0.15, 0.2) is 5.16 Å². The minimum atomic E-state index is -0.826. The molecule has 0 atom stereocenters. The van der Waals surface area contributed by atoms with Crippen molar-refractivity contribution in [2.75, 3.05) is 25.4 Å². The van der Waals surface area contributed by atoms with E-state index < -0.39 is 5.97 Å². The Balaban J connectivity index is 1.90. The summed E-state index contributed by atoms with van der Waals surface area (Å²) in [6.45, 7) is 6.06. The van der Waals surface area contributed by atoms with Gasteiger partial charge in [0.2, 0.25) is 0 Å². The molecule has 1 N–H and O–H groups in total. The highest BCUT2D eigenvalue weighted by molar-refractivity contribution is 7.99. The van der Waals surface area contributed by atoms with Crippen LogP contribution in [0.4, 0.5) is 0 Å². The molecule has 7 heteroatoms. The van der Waals surface area contributed by atoms with Crippen molar-refractivity contribution >= 4 is 17.7 Å². The largest absolute Gasteiger partial charge is 0.481 e. The summed E-state index contributed by atoms with van der Waals surface area (Å²) in [4.78, 5) is 13.1. The second kappa shape index (κ2) is 6.91. The summed E-state index contributed by atoms with van der Waals surface area (Å²) < 4.78 is 2.02. The van der Waals surface area contributed by atoms with Gasteiger partial charge in [0.05, 0.1) is 5.75 Å². The molecule has 0 aromatic carbocycles. The number of likely N-dealkylation sites (tertiary alicyclic amines) is 1. The third kappa shape index (κ3) is 4.21. The molecule has 1 aliphatic rings. The Morgan fingerprint density at radius 1 is 1.26 bits per heavy atom. The molecule has 106 valence electrons. The van der Waals surface area contributed by atoms with Crippen molar-refractivity contribution in [1.29, 1.82) is 0 Å².